The lowest BCUT2D eigenvalue weighted by Crippen LogP contribution is -2.38. The number of fused-ring (bicyclic) bond motifs is 3. The van der Waals surface area contributed by atoms with Crippen LogP contribution in [0, 0.1) is 16.7 Å². The Kier molecular flexibility index (Phi) is 3.58. The normalized spacial score (nSPS) is 30.7. The van der Waals surface area contributed by atoms with E-state index >= 15 is 0 Å². The number of hydrogen-bond acceptors (Lipinski definition) is 2. The molecule has 0 aliphatic heterocycles. The molecule has 0 saturated heterocycles. The van der Waals surface area contributed by atoms with Gasteiger partial charge in [0.2, 0.25) is 0 Å². The van der Waals surface area contributed by atoms with Crippen LogP contribution >= 0.6 is 15.9 Å². The fraction of sp³-hybridized carbons (Fsp3) is 0.476. The van der Waals surface area contributed by atoms with Crippen molar-refractivity contribution in [1.29, 1.82) is 0 Å². The first-order valence-electron chi connectivity index (χ1n) is 8.73. The summed E-state index contributed by atoms with van der Waals surface area (Å²) in [6, 6.07) is 11.9. The standard InChI is InChI=1S/C21H23BrO2/c1-20(2)14-10-11-21(20,3)17(12-14)24-19(23)16-9-8-13-6-4-5-7-15(13)18(16)22/h4-9,14,17H,10-12H2,1-3H3/t14-,17-,21+/m1/s1. The summed E-state index contributed by atoms with van der Waals surface area (Å²) in [4.78, 5) is 12.8. The van der Waals surface area contributed by atoms with Crippen molar-refractivity contribution in [3.8, 4) is 0 Å². The van der Waals surface area contributed by atoms with E-state index in [9.17, 15) is 4.79 Å². The van der Waals surface area contributed by atoms with E-state index in [1.54, 1.807) is 0 Å². The first kappa shape index (κ1) is 16.1. The molecule has 3 heteroatoms. The average molecular weight is 387 g/mol. The zero-order valence-electron chi connectivity index (χ0n) is 14.4. The highest BCUT2D eigenvalue weighted by Crippen LogP contribution is 2.66. The molecule has 2 fully saturated rings. The summed E-state index contributed by atoms with van der Waals surface area (Å²) in [5, 5.41) is 2.17. The van der Waals surface area contributed by atoms with Gasteiger partial charge in [0.15, 0.2) is 0 Å². The van der Waals surface area contributed by atoms with Gasteiger partial charge >= 0.3 is 5.97 Å². The Morgan fingerprint density at radius 1 is 1.17 bits per heavy atom. The summed E-state index contributed by atoms with van der Waals surface area (Å²) in [7, 11) is 0. The van der Waals surface area contributed by atoms with Gasteiger partial charge in [0.05, 0.1) is 5.56 Å². The number of rotatable bonds is 2. The number of carbonyl (C=O) groups excluding carboxylic acids is 1. The Balaban J connectivity index is 1.63. The van der Waals surface area contributed by atoms with E-state index in [-0.39, 0.29) is 22.9 Å². The average Bonchev–Trinajstić information content (AvgIpc) is 2.89. The van der Waals surface area contributed by atoms with Gasteiger partial charge in [-0.25, -0.2) is 4.79 Å². The molecular weight excluding hydrogens is 364 g/mol. The first-order valence-corrected chi connectivity index (χ1v) is 9.52. The molecule has 2 aliphatic rings. The minimum Gasteiger partial charge on any atom is -0.458 e. The van der Waals surface area contributed by atoms with Gasteiger partial charge in [0.25, 0.3) is 0 Å². The molecule has 0 unspecified atom stereocenters. The van der Waals surface area contributed by atoms with Crippen molar-refractivity contribution in [1.82, 2.24) is 0 Å². The predicted octanol–water partition coefficient (Wildman–Crippen LogP) is 5.97. The van der Waals surface area contributed by atoms with Crippen molar-refractivity contribution < 1.29 is 9.53 Å². The maximum Gasteiger partial charge on any atom is 0.339 e. The van der Waals surface area contributed by atoms with Crippen molar-refractivity contribution in [3.05, 3.63) is 46.4 Å². The van der Waals surface area contributed by atoms with E-state index in [1.165, 1.54) is 6.42 Å². The lowest BCUT2D eigenvalue weighted by Gasteiger charge is -2.38. The molecule has 4 rings (SSSR count). The monoisotopic (exact) mass is 386 g/mol. The van der Waals surface area contributed by atoms with Gasteiger partial charge in [0.1, 0.15) is 6.10 Å². The van der Waals surface area contributed by atoms with Gasteiger partial charge in [-0.2, -0.15) is 0 Å². The van der Waals surface area contributed by atoms with Gasteiger partial charge < -0.3 is 4.74 Å². The van der Waals surface area contributed by atoms with E-state index in [4.69, 9.17) is 4.74 Å². The summed E-state index contributed by atoms with van der Waals surface area (Å²) in [5.41, 5.74) is 0.966. The maximum atomic E-state index is 12.8. The largest absolute Gasteiger partial charge is 0.458 e. The highest BCUT2D eigenvalue weighted by atomic mass is 79.9. The zero-order chi connectivity index (χ0) is 17.1. The summed E-state index contributed by atoms with van der Waals surface area (Å²) in [6.45, 7) is 6.97. The topological polar surface area (TPSA) is 26.3 Å². The lowest BCUT2D eigenvalue weighted by atomic mass is 9.70. The summed E-state index contributed by atoms with van der Waals surface area (Å²) < 4.78 is 6.86. The van der Waals surface area contributed by atoms with Gasteiger partial charge in [0, 0.05) is 9.89 Å². The minimum absolute atomic E-state index is 0.0251. The molecule has 3 atom stereocenters. The van der Waals surface area contributed by atoms with E-state index in [0.29, 0.717) is 11.5 Å². The molecule has 2 nitrogen and oxygen atoms in total. The van der Waals surface area contributed by atoms with Crippen LogP contribution in [0.5, 0.6) is 0 Å². The fourth-order valence-electron chi connectivity index (χ4n) is 4.89. The van der Waals surface area contributed by atoms with Crippen LogP contribution in [-0.4, -0.2) is 12.1 Å². The third kappa shape index (κ3) is 2.10. The summed E-state index contributed by atoms with van der Waals surface area (Å²) in [5.74, 6) is 0.461. The molecule has 2 aromatic carbocycles. The third-order valence-corrected chi connectivity index (χ3v) is 7.90. The second-order valence-corrected chi connectivity index (χ2v) is 8.95. The molecule has 2 saturated carbocycles. The van der Waals surface area contributed by atoms with Crippen LogP contribution in [0.25, 0.3) is 10.8 Å². The molecule has 0 N–H and O–H groups in total. The van der Waals surface area contributed by atoms with Crippen LogP contribution in [0.2, 0.25) is 0 Å². The van der Waals surface area contributed by atoms with Crippen LogP contribution in [0.1, 0.15) is 50.4 Å². The molecule has 0 aromatic heterocycles. The third-order valence-electron chi connectivity index (χ3n) is 7.05. The highest BCUT2D eigenvalue weighted by Gasteiger charge is 2.62. The van der Waals surface area contributed by atoms with E-state index < -0.39 is 0 Å². The number of ether oxygens (including phenoxy) is 1. The van der Waals surface area contributed by atoms with Gasteiger partial charge in [-0.15, -0.1) is 0 Å². The molecule has 0 amide bonds. The van der Waals surface area contributed by atoms with Gasteiger partial charge in [-0.1, -0.05) is 51.1 Å². The molecule has 0 heterocycles. The van der Waals surface area contributed by atoms with Crippen LogP contribution in [0.3, 0.4) is 0 Å². The Morgan fingerprint density at radius 2 is 1.92 bits per heavy atom. The van der Waals surface area contributed by atoms with Crippen molar-refractivity contribution >= 4 is 32.7 Å². The zero-order valence-corrected chi connectivity index (χ0v) is 16.0. The van der Waals surface area contributed by atoms with Gasteiger partial charge in [-0.05, 0) is 63.4 Å². The lowest BCUT2D eigenvalue weighted by molar-refractivity contribution is -0.0243. The quantitative estimate of drug-likeness (QED) is 0.593. The van der Waals surface area contributed by atoms with E-state index in [2.05, 4.69) is 42.8 Å². The highest BCUT2D eigenvalue weighted by molar-refractivity contribution is 9.10. The van der Waals surface area contributed by atoms with Crippen molar-refractivity contribution in [2.24, 2.45) is 16.7 Å². The van der Waals surface area contributed by atoms with E-state index in [1.807, 2.05) is 30.3 Å². The van der Waals surface area contributed by atoms with Gasteiger partial charge in [-0.3, -0.25) is 0 Å². The summed E-state index contributed by atoms with van der Waals surface area (Å²) >= 11 is 3.61. The van der Waals surface area contributed by atoms with Crippen molar-refractivity contribution in [2.75, 3.05) is 0 Å². The molecule has 24 heavy (non-hydrogen) atoms. The van der Waals surface area contributed by atoms with Crippen molar-refractivity contribution in [3.63, 3.8) is 0 Å². The Bertz CT molecular complexity index is 826. The van der Waals surface area contributed by atoms with Crippen molar-refractivity contribution in [2.45, 2.75) is 46.1 Å². The van der Waals surface area contributed by atoms with Crippen LogP contribution < -0.4 is 0 Å². The molecule has 126 valence electrons. The SMILES string of the molecule is CC1(C)[C@@H]2CC[C@@]1(C)[C@H](OC(=O)c1ccc3ccccc3c1Br)C2. The summed E-state index contributed by atoms with van der Waals surface area (Å²) in [6.07, 6.45) is 3.44. The molecule has 2 aliphatic carbocycles. The fourth-order valence-corrected chi connectivity index (χ4v) is 5.55. The second kappa shape index (κ2) is 5.32. The molecule has 2 bridgehead atoms. The number of esters is 1. The van der Waals surface area contributed by atoms with E-state index in [0.717, 1.165) is 28.1 Å². The Hall–Kier alpha value is -1.35. The molecule has 0 radical (unpaired) electrons. The Morgan fingerprint density at radius 3 is 2.58 bits per heavy atom. The number of benzene rings is 2. The number of carbonyl (C=O) groups is 1. The molecule has 2 aromatic rings. The molecular formula is C21H23BrO2. The first-order chi connectivity index (χ1) is 11.3. The van der Waals surface area contributed by atoms with Crippen LogP contribution in [0.15, 0.2) is 40.9 Å². The number of halogens is 1. The van der Waals surface area contributed by atoms with Crippen LogP contribution in [0.4, 0.5) is 0 Å². The molecule has 0 spiro atoms. The Labute approximate surface area is 151 Å². The smallest absolute Gasteiger partial charge is 0.339 e. The predicted molar refractivity (Wildman–Crippen MR) is 100 cm³/mol. The second-order valence-electron chi connectivity index (χ2n) is 8.15. The number of hydrogen-bond donors (Lipinski definition) is 0. The minimum atomic E-state index is -0.206. The van der Waals surface area contributed by atoms with Crippen LogP contribution in [-0.2, 0) is 4.74 Å². The maximum absolute atomic E-state index is 12.8.